The van der Waals surface area contributed by atoms with E-state index in [0.29, 0.717) is 11.5 Å². The van der Waals surface area contributed by atoms with Crippen LogP contribution in [-0.4, -0.2) is 36.1 Å². The Morgan fingerprint density at radius 2 is 1.79 bits per heavy atom. The molecule has 1 amide bonds. The maximum Gasteiger partial charge on any atom is 0.253 e. The van der Waals surface area contributed by atoms with E-state index in [1.165, 1.54) is 5.56 Å². The van der Waals surface area contributed by atoms with Crippen LogP contribution in [0.15, 0.2) is 48.5 Å². The van der Waals surface area contributed by atoms with Crippen LogP contribution < -0.4 is 4.74 Å². The SMILES string of the molecule is COc1ccc(CC2CCN(C(=O)c3ccc(CO)cc3)C2)cc1. The van der Waals surface area contributed by atoms with Crippen molar-refractivity contribution < 1.29 is 14.6 Å². The number of methoxy groups -OCH3 is 1. The van der Waals surface area contributed by atoms with Crippen molar-refractivity contribution in [2.75, 3.05) is 20.2 Å². The number of likely N-dealkylation sites (tertiary alicyclic amines) is 1. The molecule has 126 valence electrons. The Bertz CT molecular complexity index is 679. The Morgan fingerprint density at radius 1 is 1.12 bits per heavy atom. The Balaban J connectivity index is 1.58. The normalized spacial score (nSPS) is 17.1. The van der Waals surface area contributed by atoms with Gasteiger partial charge in [-0.1, -0.05) is 24.3 Å². The molecule has 1 aliphatic rings. The van der Waals surface area contributed by atoms with Gasteiger partial charge < -0.3 is 14.7 Å². The van der Waals surface area contributed by atoms with Gasteiger partial charge in [-0.15, -0.1) is 0 Å². The van der Waals surface area contributed by atoms with Gasteiger partial charge in [0.25, 0.3) is 5.91 Å². The number of rotatable bonds is 5. The van der Waals surface area contributed by atoms with Crippen LogP contribution in [0.3, 0.4) is 0 Å². The molecule has 1 fully saturated rings. The highest BCUT2D eigenvalue weighted by Crippen LogP contribution is 2.23. The molecule has 2 aromatic carbocycles. The standard InChI is InChI=1S/C20H23NO3/c1-24-19-8-4-15(5-9-19)12-17-10-11-21(13-17)20(23)18-6-2-16(14-22)3-7-18/h2-9,17,22H,10-14H2,1H3. The molecule has 1 unspecified atom stereocenters. The van der Waals surface area contributed by atoms with E-state index in [1.807, 2.05) is 17.0 Å². The lowest BCUT2D eigenvalue weighted by Crippen LogP contribution is -2.28. The molecule has 2 aromatic rings. The average Bonchev–Trinajstić information content (AvgIpc) is 3.10. The first-order valence-corrected chi connectivity index (χ1v) is 8.31. The van der Waals surface area contributed by atoms with Crippen LogP contribution in [0.25, 0.3) is 0 Å². The van der Waals surface area contributed by atoms with Gasteiger partial charge in [-0.25, -0.2) is 0 Å². The predicted molar refractivity (Wildman–Crippen MR) is 93.1 cm³/mol. The van der Waals surface area contributed by atoms with Gasteiger partial charge in [-0.05, 0) is 54.2 Å². The molecular formula is C20H23NO3. The van der Waals surface area contributed by atoms with Gasteiger partial charge in [0.05, 0.1) is 13.7 Å². The number of carbonyl (C=O) groups is 1. The van der Waals surface area contributed by atoms with Crippen molar-refractivity contribution in [1.29, 1.82) is 0 Å². The van der Waals surface area contributed by atoms with Crippen molar-refractivity contribution in [2.24, 2.45) is 5.92 Å². The van der Waals surface area contributed by atoms with Crippen LogP contribution in [0, 0.1) is 5.92 Å². The number of hydrogen-bond donors (Lipinski definition) is 1. The summed E-state index contributed by atoms with van der Waals surface area (Å²) in [5, 5.41) is 9.08. The molecule has 4 nitrogen and oxygen atoms in total. The third kappa shape index (κ3) is 3.77. The van der Waals surface area contributed by atoms with Crippen LogP contribution in [0.4, 0.5) is 0 Å². The van der Waals surface area contributed by atoms with Crippen molar-refractivity contribution in [3.63, 3.8) is 0 Å². The molecule has 0 bridgehead atoms. The molecular weight excluding hydrogens is 302 g/mol. The number of nitrogens with zero attached hydrogens (tertiary/aromatic N) is 1. The van der Waals surface area contributed by atoms with Crippen LogP contribution in [-0.2, 0) is 13.0 Å². The number of ether oxygens (including phenoxy) is 1. The van der Waals surface area contributed by atoms with E-state index in [-0.39, 0.29) is 12.5 Å². The molecule has 0 aliphatic carbocycles. The summed E-state index contributed by atoms with van der Waals surface area (Å²) in [6.07, 6.45) is 2.02. The Labute approximate surface area is 142 Å². The average molecular weight is 325 g/mol. The minimum absolute atomic E-state index is 0.00210. The zero-order chi connectivity index (χ0) is 16.9. The van der Waals surface area contributed by atoms with E-state index in [9.17, 15) is 4.79 Å². The molecule has 1 N–H and O–H groups in total. The van der Waals surface area contributed by atoms with Crippen LogP contribution in [0.5, 0.6) is 5.75 Å². The summed E-state index contributed by atoms with van der Waals surface area (Å²) in [5.41, 5.74) is 2.80. The smallest absolute Gasteiger partial charge is 0.253 e. The number of carbonyl (C=O) groups excluding carboxylic acids is 1. The fourth-order valence-corrected chi connectivity index (χ4v) is 3.21. The van der Waals surface area contributed by atoms with E-state index >= 15 is 0 Å². The minimum atomic E-state index is 0.00210. The Hall–Kier alpha value is -2.33. The van der Waals surface area contributed by atoms with Crippen molar-refractivity contribution in [1.82, 2.24) is 4.90 Å². The first kappa shape index (κ1) is 16.5. The lowest BCUT2D eigenvalue weighted by Gasteiger charge is -2.17. The molecule has 0 spiro atoms. The van der Waals surface area contributed by atoms with Crippen molar-refractivity contribution in [3.05, 3.63) is 65.2 Å². The van der Waals surface area contributed by atoms with E-state index in [1.54, 1.807) is 31.4 Å². The second-order valence-corrected chi connectivity index (χ2v) is 6.31. The number of aliphatic hydroxyl groups excluding tert-OH is 1. The maximum atomic E-state index is 12.6. The van der Waals surface area contributed by atoms with E-state index in [0.717, 1.165) is 37.2 Å². The largest absolute Gasteiger partial charge is 0.497 e. The fraction of sp³-hybridized carbons (Fsp3) is 0.350. The second kappa shape index (κ2) is 7.49. The topological polar surface area (TPSA) is 49.8 Å². The molecule has 3 rings (SSSR count). The lowest BCUT2D eigenvalue weighted by molar-refractivity contribution is 0.0787. The number of hydrogen-bond acceptors (Lipinski definition) is 3. The summed E-state index contributed by atoms with van der Waals surface area (Å²) >= 11 is 0. The summed E-state index contributed by atoms with van der Waals surface area (Å²) in [7, 11) is 1.67. The summed E-state index contributed by atoms with van der Waals surface area (Å²) in [6, 6.07) is 15.4. The third-order valence-electron chi connectivity index (χ3n) is 4.64. The Kier molecular flexibility index (Phi) is 5.16. The second-order valence-electron chi connectivity index (χ2n) is 6.31. The van der Waals surface area contributed by atoms with Crippen LogP contribution in [0.1, 0.15) is 27.9 Å². The van der Waals surface area contributed by atoms with Crippen LogP contribution in [0.2, 0.25) is 0 Å². The first-order chi connectivity index (χ1) is 11.7. The molecule has 24 heavy (non-hydrogen) atoms. The highest BCUT2D eigenvalue weighted by Gasteiger charge is 2.27. The van der Waals surface area contributed by atoms with Gasteiger partial charge in [0.15, 0.2) is 0 Å². The van der Waals surface area contributed by atoms with Gasteiger partial charge >= 0.3 is 0 Å². The number of amides is 1. The highest BCUT2D eigenvalue weighted by molar-refractivity contribution is 5.94. The van der Waals surface area contributed by atoms with E-state index in [2.05, 4.69) is 12.1 Å². The van der Waals surface area contributed by atoms with Crippen molar-refractivity contribution >= 4 is 5.91 Å². The van der Waals surface area contributed by atoms with E-state index < -0.39 is 0 Å². The Morgan fingerprint density at radius 3 is 2.42 bits per heavy atom. The molecule has 1 atom stereocenters. The molecule has 0 saturated carbocycles. The van der Waals surface area contributed by atoms with Gasteiger partial charge in [-0.3, -0.25) is 4.79 Å². The quantitative estimate of drug-likeness (QED) is 0.919. The van der Waals surface area contributed by atoms with Gasteiger partial charge in [0.2, 0.25) is 0 Å². The summed E-state index contributed by atoms with van der Waals surface area (Å²) < 4.78 is 5.18. The molecule has 1 aliphatic heterocycles. The van der Waals surface area contributed by atoms with Gasteiger partial charge in [-0.2, -0.15) is 0 Å². The first-order valence-electron chi connectivity index (χ1n) is 8.31. The van der Waals surface area contributed by atoms with Crippen molar-refractivity contribution in [2.45, 2.75) is 19.4 Å². The molecule has 1 heterocycles. The third-order valence-corrected chi connectivity index (χ3v) is 4.64. The zero-order valence-electron chi connectivity index (χ0n) is 13.9. The number of aliphatic hydroxyl groups is 1. The number of benzene rings is 2. The molecule has 1 saturated heterocycles. The molecule has 0 aromatic heterocycles. The van der Waals surface area contributed by atoms with Gasteiger partial charge in [0.1, 0.15) is 5.75 Å². The van der Waals surface area contributed by atoms with Gasteiger partial charge in [0, 0.05) is 18.7 Å². The van der Waals surface area contributed by atoms with Crippen LogP contribution >= 0.6 is 0 Å². The predicted octanol–water partition coefficient (Wildman–Crippen LogP) is 2.89. The van der Waals surface area contributed by atoms with E-state index in [4.69, 9.17) is 9.84 Å². The lowest BCUT2D eigenvalue weighted by atomic mass is 9.99. The maximum absolute atomic E-state index is 12.6. The monoisotopic (exact) mass is 325 g/mol. The summed E-state index contributed by atoms with van der Waals surface area (Å²) in [5.74, 6) is 1.45. The molecule has 4 heteroatoms. The zero-order valence-corrected chi connectivity index (χ0v) is 13.9. The fourth-order valence-electron chi connectivity index (χ4n) is 3.21. The highest BCUT2D eigenvalue weighted by atomic mass is 16.5. The van der Waals surface area contributed by atoms with Crippen molar-refractivity contribution in [3.8, 4) is 5.75 Å². The molecule has 0 radical (unpaired) electrons. The summed E-state index contributed by atoms with van der Waals surface area (Å²) in [6.45, 7) is 1.61. The minimum Gasteiger partial charge on any atom is -0.497 e. The summed E-state index contributed by atoms with van der Waals surface area (Å²) in [4.78, 5) is 14.5.